The fourth-order valence-electron chi connectivity index (χ4n) is 4.32. The molecule has 0 saturated carbocycles. The summed E-state index contributed by atoms with van der Waals surface area (Å²) >= 11 is 6.15. The molecule has 10 heteroatoms. The number of amides is 2. The van der Waals surface area contributed by atoms with Crippen molar-refractivity contribution in [3.63, 3.8) is 0 Å². The normalized spacial score (nSPS) is 15.2. The second-order valence-corrected chi connectivity index (χ2v) is 9.52. The Kier molecular flexibility index (Phi) is 6.41. The molecule has 37 heavy (non-hydrogen) atoms. The molecule has 3 aromatic carbocycles. The maximum Gasteiger partial charge on any atom is 0.417 e. The van der Waals surface area contributed by atoms with Gasteiger partial charge < -0.3 is 19.5 Å². The van der Waals surface area contributed by atoms with Crippen LogP contribution >= 0.6 is 11.6 Å². The summed E-state index contributed by atoms with van der Waals surface area (Å²) in [5, 5.41) is 3.40. The van der Waals surface area contributed by atoms with Gasteiger partial charge in [-0.3, -0.25) is 19.6 Å². The summed E-state index contributed by atoms with van der Waals surface area (Å²) in [6.07, 6.45) is 0. The first-order valence-corrected chi connectivity index (χ1v) is 11.9. The molecule has 1 aliphatic heterocycles. The molecule has 0 fully saturated rings. The van der Waals surface area contributed by atoms with Crippen LogP contribution in [0.1, 0.15) is 17.0 Å². The number of H-pyrrole nitrogens is 1. The fraction of sp³-hybridized carbons (Fsp3) is 0.185. The number of oxazole rings is 1. The lowest BCUT2D eigenvalue weighted by atomic mass is 9.90. The van der Waals surface area contributed by atoms with Gasteiger partial charge in [-0.25, -0.2) is 4.79 Å². The molecule has 0 bridgehead atoms. The first kappa shape index (κ1) is 24.5. The number of aromatic nitrogens is 1. The zero-order valence-corrected chi connectivity index (χ0v) is 21.2. The van der Waals surface area contributed by atoms with Gasteiger partial charge in [-0.2, -0.15) is 0 Å². The Morgan fingerprint density at radius 1 is 1.03 bits per heavy atom. The topological polar surface area (TPSA) is 111 Å². The number of rotatable bonds is 6. The smallest absolute Gasteiger partial charge is 0.408 e. The van der Waals surface area contributed by atoms with E-state index in [1.807, 2.05) is 19.0 Å². The molecule has 0 saturated heterocycles. The molecule has 0 spiro atoms. The van der Waals surface area contributed by atoms with Crippen LogP contribution in [0.5, 0.6) is 0 Å². The van der Waals surface area contributed by atoms with Crippen molar-refractivity contribution >= 4 is 57.3 Å². The monoisotopic (exact) mass is 517 g/mol. The molecule has 1 aromatic heterocycles. The van der Waals surface area contributed by atoms with Crippen LogP contribution in [-0.2, 0) is 9.59 Å². The van der Waals surface area contributed by atoms with E-state index in [0.29, 0.717) is 45.3 Å². The van der Waals surface area contributed by atoms with E-state index in [1.54, 1.807) is 72.6 Å². The fourth-order valence-corrected chi connectivity index (χ4v) is 4.49. The zero-order valence-electron chi connectivity index (χ0n) is 20.4. The molecular formula is C27H24ClN5O4. The predicted octanol–water partition coefficient (Wildman–Crippen LogP) is 4.16. The molecule has 9 nitrogen and oxygen atoms in total. The van der Waals surface area contributed by atoms with Crippen LogP contribution in [0, 0.1) is 0 Å². The third kappa shape index (κ3) is 4.91. The van der Waals surface area contributed by atoms with E-state index in [2.05, 4.69) is 10.3 Å². The number of hydrogen-bond donors (Lipinski definition) is 2. The minimum atomic E-state index is -0.709. The zero-order chi connectivity index (χ0) is 26.3. The summed E-state index contributed by atoms with van der Waals surface area (Å²) in [6.45, 7) is 0.290. The number of carbonyl (C=O) groups excluding carboxylic acids is 2. The number of likely N-dealkylation sites (N-methyl/N-ethyl adjacent to an activating group) is 2. The van der Waals surface area contributed by atoms with Crippen molar-refractivity contribution in [1.29, 1.82) is 0 Å². The molecular weight excluding hydrogens is 494 g/mol. The van der Waals surface area contributed by atoms with Crippen LogP contribution in [0.4, 0.5) is 17.1 Å². The summed E-state index contributed by atoms with van der Waals surface area (Å²) in [6, 6.07) is 17.6. The molecule has 2 N–H and O–H groups in total. The van der Waals surface area contributed by atoms with Crippen molar-refractivity contribution < 1.29 is 14.0 Å². The number of benzene rings is 3. The second-order valence-electron chi connectivity index (χ2n) is 9.08. The molecule has 1 unspecified atom stereocenters. The highest BCUT2D eigenvalue weighted by atomic mass is 35.5. The van der Waals surface area contributed by atoms with Crippen molar-refractivity contribution in [2.24, 2.45) is 4.99 Å². The van der Waals surface area contributed by atoms with Crippen molar-refractivity contribution in [2.45, 2.75) is 5.92 Å². The predicted molar refractivity (Wildman–Crippen MR) is 144 cm³/mol. The minimum Gasteiger partial charge on any atom is -0.408 e. The average Bonchev–Trinajstić information content (AvgIpc) is 3.38. The molecule has 0 radical (unpaired) electrons. The van der Waals surface area contributed by atoms with E-state index < -0.39 is 11.7 Å². The molecule has 1 aliphatic rings. The summed E-state index contributed by atoms with van der Waals surface area (Å²) in [5.41, 5.74) is 4.71. The maximum absolute atomic E-state index is 13.2. The van der Waals surface area contributed by atoms with Crippen LogP contribution in [0.3, 0.4) is 0 Å². The van der Waals surface area contributed by atoms with Gasteiger partial charge in [0, 0.05) is 29.0 Å². The Labute approximate surface area is 217 Å². The van der Waals surface area contributed by atoms with Crippen molar-refractivity contribution in [1.82, 2.24) is 9.88 Å². The number of nitrogens with zero attached hydrogens (tertiary/aromatic N) is 3. The van der Waals surface area contributed by atoms with E-state index in [9.17, 15) is 14.4 Å². The van der Waals surface area contributed by atoms with Crippen molar-refractivity contribution in [2.75, 3.05) is 37.9 Å². The first-order chi connectivity index (χ1) is 17.7. The van der Waals surface area contributed by atoms with E-state index >= 15 is 0 Å². The highest BCUT2D eigenvalue weighted by Crippen LogP contribution is 2.38. The van der Waals surface area contributed by atoms with Gasteiger partial charge in [-0.1, -0.05) is 23.7 Å². The van der Waals surface area contributed by atoms with Gasteiger partial charge in [-0.05, 0) is 68.2 Å². The summed E-state index contributed by atoms with van der Waals surface area (Å²) in [4.78, 5) is 48.2. The number of aliphatic imine (C=N–C) groups is 1. The Morgan fingerprint density at radius 3 is 2.51 bits per heavy atom. The molecule has 2 amide bonds. The summed E-state index contributed by atoms with van der Waals surface area (Å²) in [5.74, 6) is -1.55. The molecule has 4 aromatic rings. The third-order valence-electron chi connectivity index (χ3n) is 6.15. The molecule has 5 rings (SSSR count). The number of anilines is 2. The molecule has 1 atom stereocenters. The SMILES string of the molecule is CN(C)CC(=O)N(C)c1ccc(N=C(c2ccc3[nH]c(=O)oc3c2)C2C(=O)Nc3cc(Cl)ccc32)cc1. The van der Waals surface area contributed by atoms with E-state index in [-0.39, 0.29) is 11.8 Å². The Hall–Kier alpha value is -4.21. The number of fused-ring (bicyclic) bond motifs is 2. The highest BCUT2D eigenvalue weighted by molar-refractivity contribution is 6.31. The molecule has 188 valence electrons. The van der Waals surface area contributed by atoms with Crippen LogP contribution in [-0.4, -0.2) is 55.1 Å². The number of halogens is 1. The van der Waals surface area contributed by atoms with Crippen molar-refractivity contribution in [3.8, 4) is 0 Å². The average molecular weight is 518 g/mol. The van der Waals surface area contributed by atoms with Gasteiger partial charge in [0.25, 0.3) is 0 Å². The number of carbonyl (C=O) groups is 2. The number of nitrogens with one attached hydrogen (secondary N) is 2. The van der Waals surface area contributed by atoms with E-state index in [4.69, 9.17) is 21.0 Å². The van der Waals surface area contributed by atoms with Crippen LogP contribution in [0.2, 0.25) is 5.02 Å². The first-order valence-electron chi connectivity index (χ1n) is 11.5. The van der Waals surface area contributed by atoms with Gasteiger partial charge in [0.1, 0.15) is 5.92 Å². The summed E-state index contributed by atoms with van der Waals surface area (Å²) < 4.78 is 5.25. The molecule has 0 aliphatic carbocycles. The minimum absolute atomic E-state index is 0.0406. The van der Waals surface area contributed by atoms with Gasteiger partial charge in [0.2, 0.25) is 11.8 Å². The lowest BCUT2D eigenvalue weighted by Gasteiger charge is -2.20. The number of hydrogen-bond acceptors (Lipinski definition) is 6. The molecule has 2 heterocycles. The lowest BCUT2D eigenvalue weighted by Crippen LogP contribution is -2.34. The maximum atomic E-state index is 13.2. The van der Waals surface area contributed by atoms with E-state index in [1.165, 1.54) is 0 Å². The van der Waals surface area contributed by atoms with Gasteiger partial charge in [0.05, 0.1) is 23.5 Å². The van der Waals surface area contributed by atoms with Gasteiger partial charge in [0.15, 0.2) is 5.58 Å². The van der Waals surface area contributed by atoms with Crippen LogP contribution in [0.15, 0.2) is 74.9 Å². The standard InChI is InChI=1S/C27H24ClN5O4/c1-32(2)14-23(34)33(3)18-8-6-17(7-9-18)29-25(15-4-11-20-22(12-15)37-27(36)31-20)24-19-10-5-16(28)13-21(19)30-26(24)35/h4-13,24H,14H2,1-3H3,(H,30,35)(H,31,36). The van der Waals surface area contributed by atoms with Gasteiger partial charge >= 0.3 is 5.76 Å². The second kappa shape index (κ2) is 9.68. The number of aromatic amines is 1. The van der Waals surface area contributed by atoms with E-state index in [0.717, 1.165) is 11.3 Å². The highest BCUT2D eigenvalue weighted by Gasteiger charge is 2.35. The Morgan fingerprint density at radius 2 is 1.78 bits per heavy atom. The summed E-state index contributed by atoms with van der Waals surface area (Å²) in [7, 11) is 5.40. The van der Waals surface area contributed by atoms with Crippen LogP contribution in [0.25, 0.3) is 11.1 Å². The third-order valence-corrected chi connectivity index (χ3v) is 6.38. The Balaban J connectivity index is 1.58. The lowest BCUT2D eigenvalue weighted by molar-refractivity contribution is -0.119. The van der Waals surface area contributed by atoms with Crippen molar-refractivity contribution in [3.05, 3.63) is 87.4 Å². The Bertz CT molecular complexity index is 1600. The van der Waals surface area contributed by atoms with Crippen LogP contribution < -0.4 is 16.0 Å². The quantitative estimate of drug-likeness (QED) is 0.373. The largest absolute Gasteiger partial charge is 0.417 e. The van der Waals surface area contributed by atoms with Gasteiger partial charge in [-0.15, -0.1) is 0 Å².